The number of carbonyl (C=O) groups is 1. The monoisotopic (exact) mass is 464 g/mol. The molecule has 28 heavy (non-hydrogen) atoms. The maximum atomic E-state index is 13.1. The van der Waals surface area contributed by atoms with Crippen LogP contribution in [0, 0.1) is 0 Å². The number of hydrogen-bond acceptors (Lipinski definition) is 5. The Morgan fingerprint density at radius 1 is 1.36 bits per heavy atom. The van der Waals surface area contributed by atoms with Crippen LogP contribution in [0.2, 0.25) is 5.02 Å². The standard InChI is InChI=1S/C19H18BrClN4O3/c1-10(2)23-16(26)9-25-18(11-4-5-14(21)15(6-11)28-3)24-17-13(19(25)27)7-12(20)8-22-17/h4-8,10H,9H2,1-3H3,(H,23,26). The number of carbonyl (C=O) groups excluding carboxylic acids is 1. The van der Waals surface area contributed by atoms with Crippen LogP contribution >= 0.6 is 27.5 Å². The van der Waals surface area contributed by atoms with Crippen LogP contribution in [-0.2, 0) is 11.3 Å². The van der Waals surface area contributed by atoms with Crippen molar-refractivity contribution in [2.75, 3.05) is 7.11 Å². The van der Waals surface area contributed by atoms with E-state index in [0.29, 0.717) is 32.0 Å². The molecule has 2 heterocycles. The van der Waals surface area contributed by atoms with Gasteiger partial charge in [0.15, 0.2) is 5.65 Å². The molecule has 0 atom stereocenters. The molecule has 0 radical (unpaired) electrons. The Bertz CT molecular complexity index is 1110. The number of benzene rings is 1. The summed E-state index contributed by atoms with van der Waals surface area (Å²) in [6.45, 7) is 3.53. The van der Waals surface area contributed by atoms with Gasteiger partial charge in [0.1, 0.15) is 18.1 Å². The highest BCUT2D eigenvalue weighted by molar-refractivity contribution is 9.10. The molecule has 0 aliphatic heterocycles. The van der Waals surface area contributed by atoms with Gasteiger partial charge in [-0.1, -0.05) is 11.6 Å². The summed E-state index contributed by atoms with van der Waals surface area (Å²) in [5, 5.41) is 3.54. The zero-order valence-corrected chi connectivity index (χ0v) is 17.8. The molecule has 9 heteroatoms. The number of methoxy groups -OCH3 is 1. The molecule has 0 aliphatic rings. The van der Waals surface area contributed by atoms with E-state index in [-0.39, 0.29) is 29.7 Å². The molecule has 0 fully saturated rings. The van der Waals surface area contributed by atoms with Crippen LogP contribution in [0.15, 0.2) is 39.7 Å². The fourth-order valence-corrected chi connectivity index (χ4v) is 3.28. The van der Waals surface area contributed by atoms with E-state index >= 15 is 0 Å². The summed E-state index contributed by atoms with van der Waals surface area (Å²) < 4.78 is 7.25. The number of amides is 1. The average molecular weight is 466 g/mol. The Morgan fingerprint density at radius 2 is 2.11 bits per heavy atom. The topological polar surface area (TPSA) is 86.1 Å². The third-order valence-electron chi connectivity index (χ3n) is 3.94. The number of hydrogen-bond donors (Lipinski definition) is 1. The van der Waals surface area contributed by atoms with E-state index in [1.807, 2.05) is 13.8 Å². The number of ether oxygens (including phenoxy) is 1. The predicted octanol–water partition coefficient (Wildman–Crippen LogP) is 3.41. The van der Waals surface area contributed by atoms with Gasteiger partial charge in [0, 0.05) is 22.3 Å². The van der Waals surface area contributed by atoms with Crippen LogP contribution in [0.25, 0.3) is 22.4 Å². The maximum absolute atomic E-state index is 13.1. The minimum absolute atomic E-state index is 0.0495. The molecule has 0 saturated carbocycles. The summed E-state index contributed by atoms with van der Waals surface area (Å²) in [5.74, 6) is 0.458. The molecule has 3 rings (SSSR count). The Balaban J connectivity index is 2.24. The van der Waals surface area contributed by atoms with Crippen LogP contribution in [0.5, 0.6) is 5.75 Å². The van der Waals surface area contributed by atoms with Crippen LogP contribution < -0.4 is 15.6 Å². The first-order valence-electron chi connectivity index (χ1n) is 8.49. The largest absolute Gasteiger partial charge is 0.495 e. The van der Waals surface area contributed by atoms with Crippen molar-refractivity contribution >= 4 is 44.5 Å². The van der Waals surface area contributed by atoms with Gasteiger partial charge >= 0.3 is 0 Å². The van der Waals surface area contributed by atoms with Crippen molar-refractivity contribution in [1.82, 2.24) is 19.9 Å². The number of aromatic nitrogens is 3. The van der Waals surface area contributed by atoms with Gasteiger partial charge in [0.25, 0.3) is 5.56 Å². The normalized spacial score (nSPS) is 11.1. The van der Waals surface area contributed by atoms with Gasteiger partial charge in [0.2, 0.25) is 5.91 Å². The predicted molar refractivity (Wildman–Crippen MR) is 112 cm³/mol. The Kier molecular flexibility index (Phi) is 6.00. The van der Waals surface area contributed by atoms with E-state index in [1.54, 1.807) is 30.5 Å². The van der Waals surface area contributed by atoms with Crippen LogP contribution in [0.1, 0.15) is 13.8 Å². The van der Waals surface area contributed by atoms with Crippen molar-refractivity contribution in [3.8, 4) is 17.1 Å². The molecule has 1 N–H and O–H groups in total. The lowest BCUT2D eigenvalue weighted by Crippen LogP contribution is -2.37. The van der Waals surface area contributed by atoms with Crippen LogP contribution in [-0.4, -0.2) is 33.6 Å². The fourth-order valence-electron chi connectivity index (χ4n) is 2.76. The molecule has 0 aliphatic carbocycles. The van der Waals surface area contributed by atoms with Crippen LogP contribution in [0.3, 0.4) is 0 Å². The third-order valence-corrected chi connectivity index (χ3v) is 4.68. The molecular weight excluding hydrogens is 448 g/mol. The van der Waals surface area contributed by atoms with Crippen molar-refractivity contribution in [3.63, 3.8) is 0 Å². The molecule has 0 spiro atoms. The summed E-state index contributed by atoms with van der Waals surface area (Å²) in [6, 6.07) is 6.63. The van der Waals surface area contributed by atoms with E-state index in [4.69, 9.17) is 16.3 Å². The number of rotatable bonds is 5. The summed E-state index contributed by atoms with van der Waals surface area (Å²) >= 11 is 9.43. The Morgan fingerprint density at radius 3 is 2.79 bits per heavy atom. The number of pyridine rings is 1. The molecule has 2 aromatic heterocycles. The van der Waals surface area contributed by atoms with Gasteiger partial charge in [-0.05, 0) is 54.0 Å². The number of nitrogens with one attached hydrogen (secondary N) is 1. The molecule has 1 amide bonds. The fraction of sp³-hybridized carbons (Fsp3) is 0.263. The van der Waals surface area contributed by atoms with Crippen molar-refractivity contribution in [1.29, 1.82) is 0 Å². The number of halogens is 2. The lowest BCUT2D eigenvalue weighted by Gasteiger charge is -2.15. The van der Waals surface area contributed by atoms with Crippen molar-refractivity contribution in [2.24, 2.45) is 0 Å². The van der Waals surface area contributed by atoms with Gasteiger partial charge in [-0.25, -0.2) is 9.97 Å². The lowest BCUT2D eigenvalue weighted by atomic mass is 10.2. The molecule has 3 aromatic rings. The zero-order chi connectivity index (χ0) is 20.4. The molecular formula is C19H18BrClN4O3. The minimum atomic E-state index is -0.360. The van der Waals surface area contributed by atoms with Gasteiger partial charge in [-0.3, -0.25) is 14.2 Å². The van der Waals surface area contributed by atoms with Crippen LogP contribution in [0.4, 0.5) is 0 Å². The smallest absolute Gasteiger partial charge is 0.263 e. The van der Waals surface area contributed by atoms with E-state index in [9.17, 15) is 9.59 Å². The second-order valence-electron chi connectivity index (χ2n) is 6.42. The highest BCUT2D eigenvalue weighted by Crippen LogP contribution is 2.30. The SMILES string of the molecule is COc1cc(-c2nc3ncc(Br)cc3c(=O)n2CC(=O)NC(C)C)ccc1Cl. The van der Waals surface area contributed by atoms with Crippen molar-refractivity contribution in [3.05, 3.63) is 50.3 Å². The Labute approximate surface area is 174 Å². The van der Waals surface area contributed by atoms with Crippen molar-refractivity contribution in [2.45, 2.75) is 26.4 Å². The number of fused-ring (bicyclic) bond motifs is 1. The molecule has 7 nitrogen and oxygen atoms in total. The summed E-state index contributed by atoms with van der Waals surface area (Å²) in [7, 11) is 1.50. The van der Waals surface area contributed by atoms with Gasteiger partial charge in [0.05, 0.1) is 17.5 Å². The average Bonchev–Trinajstić information content (AvgIpc) is 2.64. The summed E-state index contributed by atoms with van der Waals surface area (Å²) in [5.41, 5.74) is 0.515. The maximum Gasteiger partial charge on any atom is 0.263 e. The van der Waals surface area contributed by atoms with Crippen molar-refractivity contribution < 1.29 is 9.53 Å². The summed E-state index contributed by atoms with van der Waals surface area (Å²) in [6.07, 6.45) is 1.57. The highest BCUT2D eigenvalue weighted by atomic mass is 79.9. The molecule has 1 aromatic carbocycles. The molecule has 0 bridgehead atoms. The molecule has 0 unspecified atom stereocenters. The first-order valence-corrected chi connectivity index (χ1v) is 9.66. The third kappa shape index (κ3) is 4.18. The zero-order valence-electron chi connectivity index (χ0n) is 15.5. The second-order valence-corrected chi connectivity index (χ2v) is 7.75. The number of nitrogens with zero attached hydrogens (tertiary/aromatic N) is 3. The van der Waals surface area contributed by atoms with E-state index in [0.717, 1.165) is 0 Å². The highest BCUT2D eigenvalue weighted by Gasteiger charge is 2.18. The van der Waals surface area contributed by atoms with Gasteiger partial charge < -0.3 is 10.1 Å². The van der Waals surface area contributed by atoms with E-state index in [1.165, 1.54) is 11.7 Å². The van der Waals surface area contributed by atoms with Gasteiger partial charge in [-0.2, -0.15) is 0 Å². The quantitative estimate of drug-likeness (QED) is 0.624. The molecule has 146 valence electrons. The van der Waals surface area contributed by atoms with E-state index < -0.39 is 0 Å². The first-order chi connectivity index (χ1) is 13.3. The lowest BCUT2D eigenvalue weighted by molar-refractivity contribution is -0.122. The molecule has 0 saturated heterocycles. The first kappa shape index (κ1) is 20.3. The minimum Gasteiger partial charge on any atom is -0.495 e. The second kappa shape index (κ2) is 8.28. The van der Waals surface area contributed by atoms with Gasteiger partial charge in [-0.15, -0.1) is 0 Å². The Hall–Kier alpha value is -2.45. The van der Waals surface area contributed by atoms with E-state index in [2.05, 4.69) is 31.2 Å². The summed E-state index contributed by atoms with van der Waals surface area (Å²) in [4.78, 5) is 34.3.